The van der Waals surface area contributed by atoms with Gasteiger partial charge in [-0.15, -0.1) is 0 Å². The average Bonchev–Trinajstić information content (AvgIpc) is 2.39. The van der Waals surface area contributed by atoms with Gasteiger partial charge in [0.2, 0.25) is 0 Å². The van der Waals surface area contributed by atoms with Crippen LogP contribution in [0.25, 0.3) is 0 Å². The molecule has 0 spiro atoms. The van der Waals surface area contributed by atoms with E-state index in [1.807, 2.05) is 42.5 Å². The summed E-state index contributed by atoms with van der Waals surface area (Å²) < 4.78 is 5.18. The zero-order valence-electron chi connectivity index (χ0n) is 9.72. The molecule has 17 heavy (non-hydrogen) atoms. The van der Waals surface area contributed by atoms with Crippen molar-refractivity contribution in [2.24, 2.45) is 0 Å². The maximum atomic E-state index is 11.1. The Morgan fingerprint density at radius 3 is 2.47 bits per heavy atom. The third kappa shape index (κ3) is 2.53. The molecule has 86 valence electrons. The van der Waals surface area contributed by atoms with E-state index in [1.54, 1.807) is 13.2 Å². The van der Waals surface area contributed by atoms with Crippen LogP contribution in [0.2, 0.25) is 0 Å². The molecular formula is C15H14O2. The average molecular weight is 226 g/mol. The lowest BCUT2D eigenvalue weighted by molar-refractivity contribution is 0.112. The van der Waals surface area contributed by atoms with Gasteiger partial charge in [-0.3, -0.25) is 4.79 Å². The quantitative estimate of drug-likeness (QED) is 0.749. The van der Waals surface area contributed by atoms with E-state index in [0.717, 1.165) is 18.3 Å². The van der Waals surface area contributed by atoms with E-state index in [4.69, 9.17) is 4.74 Å². The molecule has 0 unspecified atom stereocenters. The van der Waals surface area contributed by atoms with Crippen molar-refractivity contribution in [3.8, 4) is 5.75 Å². The standard InChI is InChI=1S/C15H14O2/c1-17-15-9-5-8-13(14(15)11-16)10-12-6-3-2-4-7-12/h2-9,11H,10H2,1H3. The normalized spacial score (nSPS) is 9.94. The fraction of sp³-hybridized carbons (Fsp3) is 0.133. The highest BCUT2D eigenvalue weighted by molar-refractivity contribution is 5.81. The van der Waals surface area contributed by atoms with Crippen molar-refractivity contribution in [3.63, 3.8) is 0 Å². The zero-order chi connectivity index (χ0) is 12.1. The van der Waals surface area contributed by atoms with Crippen molar-refractivity contribution < 1.29 is 9.53 Å². The van der Waals surface area contributed by atoms with Crippen LogP contribution in [0, 0.1) is 0 Å². The molecule has 0 heterocycles. The molecule has 0 saturated heterocycles. The number of carbonyl (C=O) groups excluding carboxylic acids is 1. The van der Waals surface area contributed by atoms with Crippen molar-refractivity contribution in [2.75, 3.05) is 7.11 Å². The van der Waals surface area contributed by atoms with Crippen LogP contribution < -0.4 is 4.74 Å². The Kier molecular flexibility index (Phi) is 3.55. The van der Waals surface area contributed by atoms with Gasteiger partial charge in [0.1, 0.15) is 5.75 Å². The zero-order valence-corrected chi connectivity index (χ0v) is 9.72. The first-order chi connectivity index (χ1) is 8.35. The summed E-state index contributed by atoms with van der Waals surface area (Å²) in [7, 11) is 1.58. The molecule has 2 heteroatoms. The number of hydrogen-bond acceptors (Lipinski definition) is 2. The van der Waals surface area contributed by atoms with Crippen molar-refractivity contribution in [3.05, 3.63) is 65.2 Å². The van der Waals surface area contributed by atoms with Crippen LogP contribution in [-0.4, -0.2) is 13.4 Å². The molecular weight excluding hydrogens is 212 g/mol. The molecule has 0 amide bonds. The van der Waals surface area contributed by atoms with E-state index < -0.39 is 0 Å². The van der Waals surface area contributed by atoms with Gasteiger partial charge in [-0.1, -0.05) is 42.5 Å². The number of rotatable bonds is 4. The second-order valence-electron chi connectivity index (χ2n) is 3.81. The minimum absolute atomic E-state index is 0.633. The summed E-state index contributed by atoms with van der Waals surface area (Å²) in [6.45, 7) is 0. The third-order valence-corrected chi connectivity index (χ3v) is 2.73. The molecule has 0 saturated carbocycles. The summed E-state index contributed by atoms with van der Waals surface area (Å²) in [5, 5.41) is 0. The number of methoxy groups -OCH3 is 1. The topological polar surface area (TPSA) is 26.3 Å². The fourth-order valence-corrected chi connectivity index (χ4v) is 1.87. The lowest BCUT2D eigenvalue weighted by Gasteiger charge is -2.09. The van der Waals surface area contributed by atoms with Crippen molar-refractivity contribution in [1.82, 2.24) is 0 Å². The van der Waals surface area contributed by atoms with Crippen molar-refractivity contribution in [2.45, 2.75) is 6.42 Å². The Labute approximate surface area is 101 Å². The Morgan fingerprint density at radius 1 is 1.06 bits per heavy atom. The maximum absolute atomic E-state index is 11.1. The second kappa shape index (κ2) is 5.30. The van der Waals surface area contributed by atoms with Crippen LogP contribution in [0.5, 0.6) is 5.75 Å². The summed E-state index contributed by atoms with van der Waals surface area (Å²) in [5.41, 5.74) is 2.81. The number of hydrogen-bond donors (Lipinski definition) is 0. The molecule has 0 radical (unpaired) electrons. The molecule has 0 aliphatic heterocycles. The molecule has 2 nitrogen and oxygen atoms in total. The first-order valence-corrected chi connectivity index (χ1v) is 5.50. The summed E-state index contributed by atoms with van der Waals surface area (Å²) in [4.78, 5) is 11.1. The van der Waals surface area contributed by atoms with Gasteiger partial charge in [0.05, 0.1) is 12.7 Å². The summed E-state index contributed by atoms with van der Waals surface area (Å²) in [6.07, 6.45) is 1.60. The minimum atomic E-state index is 0.633. The van der Waals surface area contributed by atoms with Crippen LogP contribution in [0.1, 0.15) is 21.5 Å². The fourth-order valence-electron chi connectivity index (χ4n) is 1.87. The Bertz CT molecular complexity index is 504. The van der Waals surface area contributed by atoms with Crippen molar-refractivity contribution in [1.29, 1.82) is 0 Å². The highest BCUT2D eigenvalue weighted by atomic mass is 16.5. The molecule has 0 aliphatic carbocycles. The molecule has 0 bridgehead atoms. The molecule has 2 aromatic rings. The van der Waals surface area contributed by atoms with Gasteiger partial charge in [0.25, 0.3) is 0 Å². The predicted octanol–water partition coefficient (Wildman–Crippen LogP) is 3.10. The highest BCUT2D eigenvalue weighted by Crippen LogP contribution is 2.22. The van der Waals surface area contributed by atoms with Crippen LogP contribution in [0.15, 0.2) is 48.5 Å². The first-order valence-electron chi connectivity index (χ1n) is 5.50. The van der Waals surface area contributed by atoms with Crippen LogP contribution in [-0.2, 0) is 6.42 Å². The summed E-state index contributed by atoms with van der Waals surface area (Å²) >= 11 is 0. The maximum Gasteiger partial charge on any atom is 0.154 e. The Morgan fingerprint density at radius 2 is 1.82 bits per heavy atom. The number of ether oxygens (including phenoxy) is 1. The summed E-state index contributed by atoms with van der Waals surface area (Å²) in [5.74, 6) is 0.633. The number of benzene rings is 2. The van der Waals surface area contributed by atoms with Crippen LogP contribution >= 0.6 is 0 Å². The molecule has 2 aromatic carbocycles. The van der Waals surface area contributed by atoms with E-state index in [9.17, 15) is 4.79 Å². The van der Waals surface area contributed by atoms with E-state index in [0.29, 0.717) is 11.3 Å². The minimum Gasteiger partial charge on any atom is -0.496 e. The van der Waals surface area contributed by atoms with E-state index in [1.165, 1.54) is 5.56 Å². The van der Waals surface area contributed by atoms with Gasteiger partial charge in [0.15, 0.2) is 6.29 Å². The third-order valence-electron chi connectivity index (χ3n) is 2.73. The second-order valence-corrected chi connectivity index (χ2v) is 3.81. The molecule has 0 atom stereocenters. The number of carbonyl (C=O) groups is 1. The first kappa shape index (κ1) is 11.4. The Hall–Kier alpha value is -2.09. The summed E-state index contributed by atoms with van der Waals surface area (Å²) in [6, 6.07) is 15.7. The molecule has 0 aliphatic rings. The van der Waals surface area contributed by atoms with E-state index >= 15 is 0 Å². The molecule has 0 fully saturated rings. The Balaban J connectivity index is 2.36. The largest absolute Gasteiger partial charge is 0.496 e. The molecule has 2 rings (SSSR count). The molecule has 0 aromatic heterocycles. The van der Waals surface area contributed by atoms with Crippen molar-refractivity contribution >= 4 is 6.29 Å². The van der Waals surface area contributed by atoms with Gasteiger partial charge < -0.3 is 4.74 Å². The van der Waals surface area contributed by atoms with Gasteiger partial charge in [-0.25, -0.2) is 0 Å². The molecule has 0 N–H and O–H groups in total. The van der Waals surface area contributed by atoms with E-state index in [-0.39, 0.29) is 0 Å². The van der Waals surface area contributed by atoms with Gasteiger partial charge in [-0.2, -0.15) is 0 Å². The SMILES string of the molecule is COc1cccc(Cc2ccccc2)c1C=O. The van der Waals surface area contributed by atoms with Gasteiger partial charge in [-0.05, 0) is 23.6 Å². The van der Waals surface area contributed by atoms with Gasteiger partial charge >= 0.3 is 0 Å². The van der Waals surface area contributed by atoms with Crippen LogP contribution in [0.4, 0.5) is 0 Å². The van der Waals surface area contributed by atoms with Gasteiger partial charge in [0, 0.05) is 0 Å². The monoisotopic (exact) mass is 226 g/mol. The lowest BCUT2D eigenvalue weighted by atomic mass is 10.00. The smallest absolute Gasteiger partial charge is 0.154 e. The predicted molar refractivity (Wildman–Crippen MR) is 67.6 cm³/mol. The highest BCUT2D eigenvalue weighted by Gasteiger charge is 2.08. The number of aldehydes is 1. The van der Waals surface area contributed by atoms with Crippen LogP contribution in [0.3, 0.4) is 0 Å². The lowest BCUT2D eigenvalue weighted by Crippen LogP contribution is -1.98. The van der Waals surface area contributed by atoms with E-state index in [2.05, 4.69) is 0 Å².